The molecule has 0 N–H and O–H groups in total. The number of carbonyl (C=O) groups excluding carboxylic acids is 1. The van der Waals surface area contributed by atoms with Crippen LogP contribution >= 0.6 is 0 Å². The average molecular weight is 275 g/mol. The fraction of sp³-hybridized carbons (Fsp3) is 0.625. The van der Waals surface area contributed by atoms with Gasteiger partial charge in [-0.15, -0.1) is 0 Å². The molecule has 1 aromatic rings. The van der Waals surface area contributed by atoms with Gasteiger partial charge in [0.05, 0.1) is 5.56 Å². The van der Waals surface area contributed by atoms with Crippen molar-refractivity contribution < 1.29 is 4.79 Å². The lowest BCUT2D eigenvalue weighted by Crippen LogP contribution is -2.34. The van der Waals surface area contributed by atoms with E-state index >= 15 is 0 Å². The molecule has 1 aliphatic rings. The van der Waals surface area contributed by atoms with Gasteiger partial charge < -0.3 is 9.80 Å². The minimum absolute atomic E-state index is 0.128. The minimum Gasteiger partial charge on any atom is -0.356 e. The molecule has 1 fully saturated rings. The molecule has 0 aliphatic carbocycles. The van der Waals surface area contributed by atoms with Gasteiger partial charge in [-0.25, -0.2) is 4.98 Å². The lowest BCUT2D eigenvalue weighted by atomic mass is 10.2. The molecule has 1 saturated heterocycles. The minimum atomic E-state index is 0.128. The summed E-state index contributed by atoms with van der Waals surface area (Å²) in [7, 11) is 0. The maximum atomic E-state index is 12.8. The molecule has 1 aromatic heterocycles. The van der Waals surface area contributed by atoms with E-state index in [1.807, 2.05) is 17.0 Å². The van der Waals surface area contributed by atoms with Crippen LogP contribution in [-0.2, 0) is 0 Å². The Morgan fingerprint density at radius 3 is 2.50 bits per heavy atom. The predicted molar refractivity (Wildman–Crippen MR) is 82.2 cm³/mol. The second-order valence-corrected chi connectivity index (χ2v) is 5.36. The Bertz CT molecular complexity index is 435. The summed E-state index contributed by atoms with van der Waals surface area (Å²) < 4.78 is 0. The lowest BCUT2D eigenvalue weighted by Gasteiger charge is -2.25. The third-order valence-electron chi connectivity index (χ3n) is 3.70. The zero-order valence-electron chi connectivity index (χ0n) is 12.6. The number of hydrogen-bond donors (Lipinski definition) is 0. The standard InChI is InChI=1S/C16H25N3O/c1-3-10-19(11-4-2)16(20)14-8-7-9-17-15(14)18-12-5-6-13-18/h7-9H,3-6,10-13H2,1-2H3. The quantitative estimate of drug-likeness (QED) is 0.801. The van der Waals surface area contributed by atoms with Crippen LogP contribution in [0.15, 0.2) is 18.3 Å². The van der Waals surface area contributed by atoms with E-state index in [1.165, 1.54) is 12.8 Å². The van der Waals surface area contributed by atoms with E-state index in [4.69, 9.17) is 0 Å². The molecule has 2 rings (SSSR count). The first-order valence-corrected chi connectivity index (χ1v) is 7.77. The molecule has 110 valence electrons. The maximum Gasteiger partial charge on any atom is 0.257 e. The third-order valence-corrected chi connectivity index (χ3v) is 3.70. The van der Waals surface area contributed by atoms with Crippen LogP contribution in [0, 0.1) is 0 Å². The van der Waals surface area contributed by atoms with Crippen molar-refractivity contribution in [2.45, 2.75) is 39.5 Å². The number of nitrogens with zero attached hydrogens (tertiary/aromatic N) is 3. The van der Waals surface area contributed by atoms with E-state index in [9.17, 15) is 4.79 Å². The van der Waals surface area contributed by atoms with Gasteiger partial charge in [0.15, 0.2) is 0 Å². The number of anilines is 1. The number of hydrogen-bond acceptors (Lipinski definition) is 3. The molecule has 0 spiro atoms. The first kappa shape index (κ1) is 14.8. The highest BCUT2D eigenvalue weighted by Crippen LogP contribution is 2.23. The molecular formula is C16H25N3O. The molecular weight excluding hydrogens is 250 g/mol. The highest BCUT2D eigenvalue weighted by molar-refractivity contribution is 5.99. The molecule has 1 aliphatic heterocycles. The summed E-state index contributed by atoms with van der Waals surface area (Å²) in [6.07, 6.45) is 6.15. The first-order valence-electron chi connectivity index (χ1n) is 7.77. The summed E-state index contributed by atoms with van der Waals surface area (Å²) in [5.74, 6) is 0.996. The van der Waals surface area contributed by atoms with Crippen LogP contribution in [-0.4, -0.2) is 42.0 Å². The van der Waals surface area contributed by atoms with E-state index in [2.05, 4.69) is 23.7 Å². The van der Waals surface area contributed by atoms with Crippen molar-refractivity contribution in [3.63, 3.8) is 0 Å². The van der Waals surface area contributed by atoms with E-state index in [-0.39, 0.29) is 5.91 Å². The maximum absolute atomic E-state index is 12.8. The van der Waals surface area contributed by atoms with Crippen molar-refractivity contribution in [1.29, 1.82) is 0 Å². The van der Waals surface area contributed by atoms with Crippen molar-refractivity contribution in [3.8, 4) is 0 Å². The van der Waals surface area contributed by atoms with Gasteiger partial charge in [-0.05, 0) is 37.8 Å². The van der Waals surface area contributed by atoms with Crippen LogP contribution in [0.5, 0.6) is 0 Å². The number of aromatic nitrogens is 1. The molecule has 2 heterocycles. The number of carbonyl (C=O) groups is 1. The zero-order valence-corrected chi connectivity index (χ0v) is 12.6. The Morgan fingerprint density at radius 1 is 1.25 bits per heavy atom. The van der Waals surface area contributed by atoms with Crippen LogP contribution < -0.4 is 4.90 Å². The SMILES string of the molecule is CCCN(CCC)C(=O)c1cccnc1N1CCCC1. The molecule has 20 heavy (non-hydrogen) atoms. The van der Waals surface area contributed by atoms with E-state index in [0.717, 1.165) is 50.4 Å². The molecule has 4 nitrogen and oxygen atoms in total. The molecule has 0 radical (unpaired) electrons. The zero-order chi connectivity index (χ0) is 14.4. The Balaban J connectivity index is 2.23. The smallest absolute Gasteiger partial charge is 0.257 e. The molecule has 0 saturated carbocycles. The molecule has 0 unspecified atom stereocenters. The predicted octanol–water partition coefficient (Wildman–Crippen LogP) is 2.94. The molecule has 0 bridgehead atoms. The summed E-state index contributed by atoms with van der Waals surface area (Å²) in [5, 5.41) is 0. The van der Waals surface area contributed by atoms with Crippen LogP contribution in [0.1, 0.15) is 49.9 Å². The van der Waals surface area contributed by atoms with Crippen LogP contribution in [0.4, 0.5) is 5.82 Å². The number of pyridine rings is 1. The molecule has 0 aromatic carbocycles. The fourth-order valence-electron chi connectivity index (χ4n) is 2.77. The molecule has 1 amide bonds. The Kier molecular flexibility index (Phi) is 5.39. The summed E-state index contributed by atoms with van der Waals surface area (Å²) in [5.41, 5.74) is 0.760. The second-order valence-electron chi connectivity index (χ2n) is 5.36. The van der Waals surface area contributed by atoms with Gasteiger partial charge in [0.2, 0.25) is 0 Å². The summed E-state index contributed by atoms with van der Waals surface area (Å²) in [6, 6.07) is 3.78. The normalized spacial score (nSPS) is 14.6. The van der Waals surface area contributed by atoms with E-state index in [0.29, 0.717) is 0 Å². The highest BCUT2D eigenvalue weighted by atomic mass is 16.2. The van der Waals surface area contributed by atoms with Gasteiger partial charge in [-0.2, -0.15) is 0 Å². The van der Waals surface area contributed by atoms with Crippen LogP contribution in [0.25, 0.3) is 0 Å². The van der Waals surface area contributed by atoms with Crippen molar-refractivity contribution in [3.05, 3.63) is 23.9 Å². The highest BCUT2D eigenvalue weighted by Gasteiger charge is 2.23. The van der Waals surface area contributed by atoms with Crippen molar-refractivity contribution >= 4 is 11.7 Å². The Labute approximate surface area is 121 Å². The summed E-state index contributed by atoms with van der Waals surface area (Å²) in [4.78, 5) is 21.4. The van der Waals surface area contributed by atoms with Gasteiger partial charge in [0, 0.05) is 32.4 Å². The topological polar surface area (TPSA) is 36.4 Å². The lowest BCUT2D eigenvalue weighted by molar-refractivity contribution is 0.0756. The fourth-order valence-corrected chi connectivity index (χ4v) is 2.77. The Hall–Kier alpha value is -1.58. The third kappa shape index (κ3) is 3.30. The summed E-state index contributed by atoms with van der Waals surface area (Å²) in [6.45, 7) is 7.89. The van der Waals surface area contributed by atoms with Gasteiger partial charge in [-0.3, -0.25) is 4.79 Å². The van der Waals surface area contributed by atoms with Gasteiger partial charge in [-0.1, -0.05) is 13.8 Å². The van der Waals surface area contributed by atoms with E-state index < -0.39 is 0 Å². The average Bonchev–Trinajstić information content (AvgIpc) is 3.00. The Morgan fingerprint density at radius 2 is 1.90 bits per heavy atom. The second kappa shape index (κ2) is 7.27. The van der Waals surface area contributed by atoms with Crippen molar-refractivity contribution in [2.75, 3.05) is 31.1 Å². The van der Waals surface area contributed by atoms with Gasteiger partial charge in [0.25, 0.3) is 5.91 Å². The number of rotatable bonds is 6. The first-order chi connectivity index (χ1) is 9.77. The van der Waals surface area contributed by atoms with Crippen LogP contribution in [0.2, 0.25) is 0 Å². The molecule has 0 atom stereocenters. The van der Waals surface area contributed by atoms with Crippen LogP contribution in [0.3, 0.4) is 0 Å². The summed E-state index contributed by atoms with van der Waals surface area (Å²) >= 11 is 0. The van der Waals surface area contributed by atoms with E-state index in [1.54, 1.807) is 6.20 Å². The van der Waals surface area contributed by atoms with Gasteiger partial charge in [0.1, 0.15) is 5.82 Å². The van der Waals surface area contributed by atoms with Gasteiger partial charge >= 0.3 is 0 Å². The monoisotopic (exact) mass is 275 g/mol. The van der Waals surface area contributed by atoms with Crippen molar-refractivity contribution in [2.24, 2.45) is 0 Å². The molecule has 4 heteroatoms. The number of amides is 1. The largest absolute Gasteiger partial charge is 0.356 e. The van der Waals surface area contributed by atoms with Crippen molar-refractivity contribution in [1.82, 2.24) is 9.88 Å².